The molecule has 1 unspecified atom stereocenters. The van der Waals surface area contributed by atoms with E-state index in [1.54, 1.807) is 26.2 Å². The molecule has 0 saturated carbocycles. The SMILES string of the molecule is COc1ccc(/C(C)=N/N=C(\N)SC2CC(=O)N(c3ccc(C(=O)O)cc3)C2=O)cc1. The number of nitrogens with two attached hydrogens (primary N) is 1. The first kappa shape index (κ1) is 22.0. The van der Waals surface area contributed by atoms with Crippen LogP contribution in [0.3, 0.4) is 0 Å². The highest BCUT2D eigenvalue weighted by atomic mass is 32.2. The molecule has 3 N–H and O–H groups in total. The number of hydrogen-bond acceptors (Lipinski definition) is 7. The number of carboxylic acid groups (broad SMARTS) is 1. The van der Waals surface area contributed by atoms with E-state index in [9.17, 15) is 14.4 Å². The van der Waals surface area contributed by atoms with Gasteiger partial charge in [-0.1, -0.05) is 11.8 Å². The van der Waals surface area contributed by atoms with Crippen LogP contribution in [0, 0.1) is 0 Å². The van der Waals surface area contributed by atoms with Gasteiger partial charge in [0.2, 0.25) is 11.8 Å². The number of carboxylic acids is 1. The predicted molar refractivity (Wildman–Crippen MR) is 119 cm³/mol. The molecule has 1 heterocycles. The number of hydrogen-bond donors (Lipinski definition) is 2. The molecular weight excluding hydrogens is 420 g/mol. The number of methoxy groups -OCH3 is 1. The van der Waals surface area contributed by atoms with E-state index >= 15 is 0 Å². The van der Waals surface area contributed by atoms with Crippen molar-refractivity contribution in [2.75, 3.05) is 12.0 Å². The topological polar surface area (TPSA) is 135 Å². The molecule has 9 nitrogen and oxygen atoms in total. The van der Waals surface area contributed by atoms with Crippen LogP contribution in [0.1, 0.15) is 29.3 Å². The van der Waals surface area contributed by atoms with Gasteiger partial charge in [-0.3, -0.25) is 9.59 Å². The average Bonchev–Trinajstić information content (AvgIpc) is 3.04. The van der Waals surface area contributed by atoms with Crippen molar-refractivity contribution in [3.63, 3.8) is 0 Å². The lowest BCUT2D eigenvalue weighted by molar-refractivity contribution is -0.121. The number of carbonyl (C=O) groups is 3. The molecule has 1 saturated heterocycles. The molecule has 1 fully saturated rings. The van der Waals surface area contributed by atoms with Crippen LogP contribution in [0.15, 0.2) is 58.7 Å². The molecule has 3 rings (SSSR count). The van der Waals surface area contributed by atoms with Crippen LogP contribution in [0.5, 0.6) is 5.75 Å². The van der Waals surface area contributed by atoms with Gasteiger partial charge in [0.25, 0.3) is 0 Å². The summed E-state index contributed by atoms with van der Waals surface area (Å²) in [6.45, 7) is 1.77. The van der Waals surface area contributed by atoms with Crippen LogP contribution in [0.4, 0.5) is 5.69 Å². The fourth-order valence-corrected chi connectivity index (χ4v) is 3.72. The van der Waals surface area contributed by atoms with Gasteiger partial charge in [0.1, 0.15) is 11.0 Å². The minimum atomic E-state index is -1.09. The second-order valence-corrected chi connectivity index (χ2v) is 7.81. The summed E-state index contributed by atoms with van der Waals surface area (Å²) < 4.78 is 5.12. The molecule has 1 aliphatic heterocycles. The molecule has 0 bridgehead atoms. The lowest BCUT2D eigenvalue weighted by atomic mass is 10.1. The minimum Gasteiger partial charge on any atom is -0.497 e. The van der Waals surface area contributed by atoms with Crippen LogP contribution in [0.2, 0.25) is 0 Å². The van der Waals surface area contributed by atoms with Crippen LogP contribution in [-0.2, 0) is 9.59 Å². The van der Waals surface area contributed by atoms with Crippen molar-refractivity contribution in [2.45, 2.75) is 18.6 Å². The van der Waals surface area contributed by atoms with E-state index in [1.165, 1.54) is 24.3 Å². The number of rotatable bonds is 6. The fraction of sp³-hybridized carbons (Fsp3) is 0.190. The van der Waals surface area contributed by atoms with Gasteiger partial charge >= 0.3 is 5.97 Å². The van der Waals surface area contributed by atoms with Crippen LogP contribution >= 0.6 is 11.8 Å². The molecule has 1 aliphatic rings. The largest absolute Gasteiger partial charge is 0.497 e. The molecule has 2 aromatic carbocycles. The molecule has 0 radical (unpaired) electrons. The molecule has 2 aromatic rings. The van der Waals surface area contributed by atoms with E-state index in [0.29, 0.717) is 11.4 Å². The van der Waals surface area contributed by atoms with Crippen molar-refractivity contribution >= 4 is 46.1 Å². The van der Waals surface area contributed by atoms with Gasteiger partial charge in [-0.2, -0.15) is 5.10 Å². The number of carbonyl (C=O) groups excluding carboxylic acids is 2. The average molecular weight is 440 g/mol. The van der Waals surface area contributed by atoms with Gasteiger partial charge in [-0.05, 0) is 61.0 Å². The monoisotopic (exact) mass is 440 g/mol. The Morgan fingerprint density at radius 2 is 1.71 bits per heavy atom. The van der Waals surface area contributed by atoms with Crippen LogP contribution in [-0.4, -0.2) is 46.1 Å². The lowest BCUT2D eigenvalue weighted by Crippen LogP contribution is -2.31. The van der Waals surface area contributed by atoms with E-state index in [4.69, 9.17) is 15.6 Å². The Bertz CT molecular complexity index is 1060. The summed E-state index contributed by atoms with van der Waals surface area (Å²) in [6.07, 6.45) is -0.0401. The number of amides is 2. The molecule has 10 heteroatoms. The molecule has 0 aliphatic carbocycles. The third kappa shape index (κ3) is 5.10. The highest BCUT2D eigenvalue weighted by molar-refractivity contribution is 8.14. The van der Waals surface area contributed by atoms with E-state index in [-0.39, 0.29) is 17.2 Å². The third-order valence-electron chi connectivity index (χ3n) is 4.55. The Morgan fingerprint density at radius 3 is 2.29 bits per heavy atom. The standard InChI is InChI=1S/C21H20N4O5S/c1-12(13-5-9-16(30-2)10-6-13)23-24-21(22)31-17-11-18(26)25(19(17)27)15-7-3-14(4-8-15)20(28)29/h3-10,17H,11H2,1-2H3,(H2,22,24)(H,28,29)/b23-12+. The second kappa shape index (κ2) is 9.43. The quantitative estimate of drug-likeness (QED) is 0.305. The van der Waals surface area contributed by atoms with Crippen molar-refractivity contribution in [3.8, 4) is 5.75 Å². The summed E-state index contributed by atoms with van der Waals surface area (Å²) in [5.41, 5.74) is 7.75. The van der Waals surface area contributed by atoms with Gasteiger partial charge in [-0.25, -0.2) is 9.69 Å². The third-order valence-corrected chi connectivity index (χ3v) is 5.52. The van der Waals surface area contributed by atoms with E-state index in [2.05, 4.69) is 10.2 Å². The Hall–Kier alpha value is -3.66. The Kier molecular flexibility index (Phi) is 6.71. The van der Waals surface area contributed by atoms with Gasteiger partial charge < -0.3 is 15.6 Å². The van der Waals surface area contributed by atoms with Crippen molar-refractivity contribution in [1.82, 2.24) is 0 Å². The zero-order valence-corrected chi connectivity index (χ0v) is 17.6. The second-order valence-electron chi connectivity index (χ2n) is 6.58. The van der Waals surface area contributed by atoms with Gasteiger partial charge in [0, 0.05) is 6.42 Å². The number of aromatic carboxylic acids is 1. The zero-order valence-electron chi connectivity index (χ0n) is 16.8. The summed E-state index contributed by atoms with van der Waals surface area (Å²) in [7, 11) is 1.58. The number of ether oxygens (including phenoxy) is 1. The first-order chi connectivity index (χ1) is 14.8. The summed E-state index contributed by atoms with van der Waals surface area (Å²) in [6, 6.07) is 12.8. The Morgan fingerprint density at radius 1 is 1.10 bits per heavy atom. The molecule has 0 spiro atoms. The minimum absolute atomic E-state index is 0.0401. The summed E-state index contributed by atoms with van der Waals surface area (Å²) >= 11 is 0.963. The number of imide groups is 1. The normalized spacial score (nSPS) is 17.2. The van der Waals surface area contributed by atoms with Gasteiger partial charge in [0.15, 0.2) is 5.17 Å². The van der Waals surface area contributed by atoms with E-state index in [0.717, 1.165) is 28.0 Å². The van der Waals surface area contributed by atoms with Crippen molar-refractivity contribution in [1.29, 1.82) is 0 Å². The maximum absolute atomic E-state index is 12.7. The molecule has 1 atom stereocenters. The summed E-state index contributed by atoms with van der Waals surface area (Å²) in [5, 5.41) is 16.4. The highest BCUT2D eigenvalue weighted by Crippen LogP contribution is 2.30. The van der Waals surface area contributed by atoms with E-state index in [1.807, 2.05) is 12.1 Å². The number of nitrogens with zero attached hydrogens (tertiary/aromatic N) is 3. The predicted octanol–water partition coefficient (Wildman–Crippen LogP) is 2.50. The number of thioether (sulfide) groups is 1. The van der Waals surface area contributed by atoms with Gasteiger partial charge in [0.05, 0.1) is 24.1 Å². The van der Waals surface area contributed by atoms with Crippen LogP contribution in [0.25, 0.3) is 0 Å². The molecule has 2 amide bonds. The van der Waals surface area contributed by atoms with Crippen molar-refractivity contribution in [3.05, 3.63) is 59.7 Å². The maximum Gasteiger partial charge on any atom is 0.335 e. The summed E-state index contributed by atoms with van der Waals surface area (Å²) in [4.78, 5) is 37.1. The zero-order chi connectivity index (χ0) is 22.5. The number of anilines is 1. The van der Waals surface area contributed by atoms with Crippen molar-refractivity contribution < 1.29 is 24.2 Å². The first-order valence-corrected chi connectivity index (χ1v) is 10.1. The first-order valence-electron chi connectivity index (χ1n) is 9.19. The smallest absolute Gasteiger partial charge is 0.335 e. The highest BCUT2D eigenvalue weighted by Gasteiger charge is 2.40. The molecule has 160 valence electrons. The molecular formula is C21H20N4O5S. The Labute approximate surface area is 182 Å². The van der Waals surface area contributed by atoms with Gasteiger partial charge in [-0.15, -0.1) is 5.10 Å². The van der Waals surface area contributed by atoms with Crippen molar-refractivity contribution in [2.24, 2.45) is 15.9 Å². The number of amidine groups is 1. The molecule has 0 aromatic heterocycles. The van der Waals surface area contributed by atoms with E-state index < -0.39 is 23.0 Å². The summed E-state index contributed by atoms with van der Waals surface area (Å²) in [5.74, 6) is -1.20. The molecule has 31 heavy (non-hydrogen) atoms. The van der Waals surface area contributed by atoms with Crippen LogP contribution < -0.4 is 15.4 Å². The fourth-order valence-electron chi connectivity index (χ4n) is 2.90. The maximum atomic E-state index is 12.7. The lowest BCUT2D eigenvalue weighted by Gasteiger charge is -2.14. The Balaban J connectivity index is 1.68. The number of benzene rings is 2.